The molecule has 0 saturated heterocycles. The van der Waals surface area contributed by atoms with Gasteiger partial charge >= 0.3 is 0 Å². The van der Waals surface area contributed by atoms with Crippen molar-refractivity contribution >= 4 is 28.7 Å². The molecule has 1 aromatic carbocycles. The maximum atomic E-state index is 13.3. The van der Waals surface area contributed by atoms with Gasteiger partial charge < -0.3 is 4.90 Å². The van der Waals surface area contributed by atoms with E-state index >= 15 is 0 Å². The number of hydrogen-bond acceptors (Lipinski definition) is 4. The van der Waals surface area contributed by atoms with Crippen LogP contribution in [0.2, 0.25) is 5.02 Å². The van der Waals surface area contributed by atoms with Crippen molar-refractivity contribution < 1.29 is 4.79 Å². The van der Waals surface area contributed by atoms with Crippen LogP contribution < -0.4 is 0 Å². The molecule has 142 valence electrons. The zero-order chi connectivity index (χ0) is 19.7. The van der Waals surface area contributed by atoms with Crippen LogP contribution in [0, 0.1) is 0 Å². The molecule has 1 aliphatic carbocycles. The van der Waals surface area contributed by atoms with E-state index in [0.29, 0.717) is 0 Å². The normalized spacial score (nSPS) is 18.0. The van der Waals surface area contributed by atoms with E-state index in [1.54, 1.807) is 23.7 Å². The van der Waals surface area contributed by atoms with Crippen molar-refractivity contribution in [3.05, 3.63) is 87.7 Å². The zero-order valence-corrected chi connectivity index (χ0v) is 17.4. The molecule has 0 aliphatic heterocycles. The van der Waals surface area contributed by atoms with E-state index in [-0.39, 0.29) is 11.7 Å². The van der Waals surface area contributed by atoms with Crippen molar-refractivity contribution in [1.82, 2.24) is 9.88 Å². The Morgan fingerprint density at radius 2 is 1.86 bits per heavy atom. The fraction of sp³-hybridized carbons (Fsp3) is 0.217. The van der Waals surface area contributed by atoms with Gasteiger partial charge in [-0.05, 0) is 59.9 Å². The number of carbonyl (C=O) groups is 1. The number of benzene rings is 1. The zero-order valence-electron chi connectivity index (χ0n) is 15.9. The fourth-order valence-corrected chi connectivity index (χ4v) is 5.02. The molecule has 28 heavy (non-hydrogen) atoms. The van der Waals surface area contributed by atoms with Gasteiger partial charge in [-0.15, -0.1) is 11.3 Å². The second-order valence-electron chi connectivity index (χ2n) is 7.22. The first-order valence-corrected chi connectivity index (χ1v) is 10.4. The number of thiophene rings is 1. The molecule has 1 atom stereocenters. The summed E-state index contributed by atoms with van der Waals surface area (Å²) in [5.74, 6) is 0.321. The highest BCUT2D eigenvalue weighted by atomic mass is 35.5. The summed E-state index contributed by atoms with van der Waals surface area (Å²) in [5, 5.41) is 0.727. The van der Waals surface area contributed by atoms with E-state index in [2.05, 4.69) is 23.2 Å². The molecule has 0 spiro atoms. The molecular weight excluding hydrogens is 388 g/mol. The highest BCUT2D eigenvalue weighted by molar-refractivity contribution is 7.17. The van der Waals surface area contributed by atoms with Gasteiger partial charge in [-0.25, -0.2) is 0 Å². The molecule has 0 bridgehead atoms. The van der Waals surface area contributed by atoms with Gasteiger partial charge in [0.15, 0.2) is 0 Å². The summed E-state index contributed by atoms with van der Waals surface area (Å²) in [5.41, 5.74) is 4.27. The molecule has 2 heterocycles. The van der Waals surface area contributed by atoms with Gasteiger partial charge in [0.05, 0.1) is 4.88 Å². The van der Waals surface area contributed by atoms with Crippen LogP contribution in [0.3, 0.4) is 0 Å². The molecular formula is C23H21ClN2OS. The van der Waals surface area contributed by atoms with Gasteiger partial charge in [-0.3, -0.25) is 9.78 Å². The quantitative estimate of drug-likeness (QED) is 0.392. The Kier molecular flexibility index (Phi) is 5.33. The lowest BCUT2D eigenvalue weighted by Gasteiger charge is -2.15. The van der Waals surface area contributed by atoms with E-state index in [9.17, 15) is 4.79 Å². The first-order chi connectivity index (χ1) is 13.5. The number of nitrogens with zero attached hydrogens (tertiary/aromatic N) is 2. The number of Topliss-reactive ketones (excluding diaryl/α,β-unsaturated/α-hetero) is 1. The largest absolute Gasteiger partial charge is 0.383 e. The Morgan fingerprint density at radius 3 is 2.54 bits per heavy atom. The van der Waals surface area contributed by atoms with Crippen molar-refractivity contribution in [1.29, 1.82) is 0 Å². The van der Waals surface area contributed by atoms with Gasteiger partial charge in [0.25, 0.3) is 0 Å². The number of fused-ring (bicyclic) bond motifs is 1. The number of pyridine rings is 1. The average Bonchev–Trinajstić information content (AvgIpc) is 3.09. The van der Waals surface area contributed by atoms with Crippen LogP contribution in [0.25, 0.3) is 10.4 Å². The Hall–Kier alpha value is -2.43. The Balaban J connectivity index is 1.85. The molecule has 1 unspecified atom stereocenters. The van der Waals surface area contributed by atoms with Crippen molar-refractivity contribution in [3.8, 4) is 10.4 Å². The van der Waals surface area contributed by atoms with Gasteiger partial charge in [0.2, 0.25) is 5.78 Å². The number of hydrogen-bond donors (Lipinski definition) is 0. The highest BCUT2D eigenvalue weighted by Crippen LogP contribution is 2.44. The smallest absolute Gasteiger partial charge is 0.200 e. The number of rotatable bonds is 3. The molecule has 0 N–H and O–H groups in total. The lowest BCUT2D eigenvalue weighted by atomic mass is 9.88. The van der Waals surface area contributed by atoms with Crippen LogP contribution in [-0.2, 0) is 0 Å². The number of allylic oxidation sites excluding steroid dienone is 1. The molecule has 2 aromatic heterocycles. The first-order valence-electron chi connectivity index (χ1n) is 9.24. The second-order valence-corrected chi connectivity index (χ2v) is 8.71. The fourth-order valence-electron chi connectivity index (χ4n) is 3.69. The molecule has 1 aliphatic rings. The van der Waals surface area contributed by atoms with E-state index in [0.717, 1.165) is 44.3 Å². The maximum absolute atomic E-state index is 13.3. The van der Waals surface area contributed by atoms with Crippen LogP contribution in [-0.4, -0.2) is 29.8 Å². The van der Waals surface area contributed by atoms with Crippen molar-refractivity contribution in [2.24, 2.45) is 0 Å². The van der Waals surface area contributed by atoms with Crippen LogP contribution in [0.15, 0.2) is 66.6 Å². The number of halogens is 1. The third-order valence-electron chi connectivity index (χ3n) is 4.99. The van der Waals surface area contributed by atoms with Gasteiger partial charge in [0, 0.05) is 54.1 Å². The monoisotopic (exact) mass is 408 g/mol. The lowest BCUT2D eigenvalue weighted by molar-refractivity contribution is 0.103. The van der Waals surface area contributed by atoms with Gasteiger partial charge in [-0.2, -0.15) is 0 Å². The average molecular weight is 409 g/mol. The Bertz CT molecular complexity index is 1020. The van der Waals surface area contributed by atoms with Crippen LogP contribution >= 0.6 is 22.9 Å². The first kappa shape index (κ1) is 18.9. The molecule has 0 saturated carbocycles. The number of carbonyl (C=O) groups excluding carboxylic acids is 1. The summed E-state index contributed by atoms with van der Waals surface area (Å²) in [6.07, 6.45) is 7.19. The van der Waals surface area contributed by atoms with Crippen LogP contribution in [0.1, 0.15) is 39.6 Å². The molecule has 0 fully saturated rings. The minimum atomic E-state index is 0.144. The van der Waals surface area contributed by atoms with E-state index < -0.39 is 0 Å². The molecule has 3 nitrogen and oxygen atoms in total. The SMILES string of the molecule is CN(C)/C=C1\CCC(c2ccc(Cl)cc2)c2cc(-c3ccncc3)sc2C1=O. The van der Waals surface area contributed by atoms with Gasteiger partial charge in [0.1, 0.15) is 0 Å². The van der Waals surface area contributed by atoms with Crippen LogP contribution in [0.5, 0.6) is 0 Å². The van der Waals surface area contributed by atoms with Crippen molar-refractivity contribution in [2.45, 2.75) is 18.8 Å². The Labute approximate surface area is 174 Å². The predicted molar refractivity (Wildman–Crippen MR) is 116 cm³/mol. The van der Waals surface area contributed by atoms with E-state index in [1.165, 1.54) is 5.56 Å². The van der Waals surface area contributed by atoms with E-state index in [1.807, 2.05) is 49.5 Å². The second kappa shape index (κ2) is 7.90. The molecule has 0 radical (unpaired) electrons. The molecule has 3 aromatic rings. The highest BCUT2D eigenvalue weighted by Gasteiger charge is 2.30. The van der Waals surface area contributed by atoms with Crippen molar-refractivity contribution in [2.75, 3.05) is 14.1 Å². The topological polar surface area (TPSA) is 33.2 Å². The molecule has 5 heteroatoms. The minimum absolute atomic E-state index is 0.144. The predicted octanol–water partition coefficient (Wildman–Crippen LogP) is 6.02. The standard InChI is InChI=1S/C23H21ClN2OS/c1-26(2)14-17-5-8-19(15-3-6-18(24)7-4-15)20-13-21(28-23(20)22(17)27)16-9-11-25-12-10-16/h3-4,6-7,9-14,19H,5,8H2,1-2H3/b17-14+. The number of ketones is 1. The lowest BCUT2D eigenvalue weighted by Crippen LogP contribution is -2.08. The minimum Gasteiger partial charge on any atom is -0.383 e. The van der Waals surface area contributed by atoms with E-state index in [4.69, 9.17) is 11.6 Å². The Morgan fingerprint density at radius 1 is 1.14 bits per heavy atom. The van der Waals surface area contributed by atoms with Crippen LogP contribution in [0.4, 0.5) is 0 Å². The third-order valence-corrected chi connectivity index (χ3v) is 6.44. The van der Waals surface area contributed by atoms with Crippen molar-refractivity contribution in [3.63, 3.8) is 0 Å². The maximum Gasteiger partial charge on any atom is 0.200 e. The summed E-state index contributed by atoms with van der Waals surface area (Å²) in [4.78, 5) is 21.3. The summed E-state index contributed by atoms with van der Waals surface area (Å²) in [7, 11) is 3.92. The number of aromatic nitrogens is 1. The third kappa shape index (κ3) is 3.75. The summed E-state index contributed by atoms with van der Waals surface area (Å²) in [6.45, 7) is 0. The molecule has 0 amide bonds. The van der Waals surface area contributed by atoms with Gasteiger partial charge in [-0.1, -0.05) is 23.7 Å². The summed E-state index contributed by atoms with van der Waals surface area (Å²) in [6, 6.07) is 14.2. The molecule has 4 rings (SSSR count). The summed E-state index contributed by atoms with van der Waals surface area (Å²) < 4.78 is 0. The summed E-state index contributed by atoms with van der Waals surface area (Å²) >= 11 is 7.68.